The highest BCUT2D eigenvalue weighted by atomic mass is 32.2. The van der Waals surface area contributed by atoms with Gasteiger partial charge in [-0.2, -0.15) is 5.10 Å². The van der Waals surface area contributed by atoms with Crippen molar-refractivity contribution < 1.29 is 9.52 Å². The number of aromatic nitrogens is 6. The highest BCUT2D eigenvalue weighted by Crippen LogP contribution is 2.24. The molecule has 0 aliphatic heterocycles. The summed E-state index contributed by atoms with van der Waals surface area (Å²) >= 11 is 1.27. The first kappa shape index (κ1) is 15.4. The Hall–Kier alpha value is -2.46. The molecule has 3 heterocycles. The van der Waals surface area contributed by atoms with Crippen molar-refractivity contribution in [1.82, 2.24) is 29.9 Å². The van der Waals surface area contributed by atoms with E-state index in [1.165, 1.54) is 17.8 Å². The molecule has 0 unspecified atom stereocenters. The van der Waals surface area contributed by atoms with Crippen LogP contribution >= 0.6 is 11.8 Å². The molecular weight excluding hydrogens is 320 g/mol. The molecule has 0 bridgehead atoms. The van der Waals surface area contributed by atoms with E-state index < -0.39 is 0 Å². The number of H-pyrrole nitrogens is 1. The molecule has 0 saturated heterocycles. The number of aliphatic hydroxyl groups excluding tert-OH is 1. The van der Waals surface area contributed by atoms with E-state index >= 15 is 0 Å². The monoisotopic (exact) mass is 334 g/mol. The number of rotatable bonds is 6. The molecule has 23 heavy (non-hydrogen) atoms. The van der Waals surface area contributed by atoms with Gasteiger partial charge in [-0.15, -0.1) is 10.2 Å². The third-order valence-electron chi connectivity index (χ3n) is 2.95. The van der Waals surface area contributed by atoms with Gasteiger partial charge in [-0.1, -0.05) is 11.8 Å². The van der Waals surface area contributed by atoms with E-state index in [0.717, 1.165) is 12.1 Å². The van der Waals surface area contributed by atoms with Crippen LogP contribution in [0.3, 0.4) is 0 Å². The van der Waals surface area contributed by atoms with Crippen LogP contribution < -0.4 is 5.56 Å². The number of hydrogen-bond donors (Lipinski definition) is 2. The molecule has 0 aliphatic carbocycles. The van der Waals surface area contributed by atoms with E-state index in [-0.39, 0.29) is 18.0 Å². The lowest BCUT2D eigenvalue weighted by molar-refractivity contribution is 0.270. The van der Waals surface area contributed by atoms with Crippen molar-refractivity contribution in [2.24, 2.45) is 0 Å². The van der Waals surface area contributed by atoms with Gasteiger partial charge < -0.3 is 14.5 Å². The van der Waals surface area contributed by atoms with Gasteiger partial charge in [0.05, 0.1) is 17.5 Å². The van der Waals surface area contributed by atoms with E-state index in [1.54, 1.807) is 10.9 Å². The molecule has 0 radical (unpaired) electrons. The van der Waals surface area contributed by atoms with Crippen LogP contribution in [0.2, 0.25) is 0 Å². The lowest BCUT2D eigenvalue weighted by Gasteiger charge is -2.00. The SMILES string of the molecule is CCn1cc(-c2nnc(SCc3cc(=O)[nH]c(CO)n3)o2)cn1. The number of aryl methyl sites for hydroxylation is 1. The van der Waals surface area contributed by atoms with Crippen LogP contribution in [0.5, 0.6) is 0 Å². The van der Waals surface area contributed by atoms with Crippen LogP contribution in [0.15, 0.2) is 32.9 Å². The standard InChI is InChI=1S/C13H14N6O3S/c1-2-19-5-8(4-14-19)12-17-18-13(22-12)23-7-9-3-11(21)16-10(6-20)15-9/h3-5,20H,2,6-7H2,1H3,(H,15,16,21). The highest BCUT2D eigenvalue weighted by Gasteiger charge is 2.12. The number of hydrogen-bond acceptors (Lipinski definition) is 8. The smallest absolute Gasteiger partial charge is 0.277 e. The summed E-state index contributed by atoms with van der Waals surface area (Å²) in [6.45, 7) is 2.43. The first-order chi connectivity index (χ1) is 11.2. The average molecular weight is 334 g/mol. The lowest BCUT2D eigenvalue weighted by Crippen LogP contribution is -2.12. The molecule has 2 N–H and O–H groups in total. The number of thioether (sulfide) groups is 1. The fraction of sp³-hybridized carbons (Fsp3) is 0.308. The molecule has 0 amide bonds. The van der Waals surface area contributed by atoms with Crippen molar-refractivity contribution in [3.63, 3.8) is 0 Å². The van der Waals surface area contributed by atoms with E-state index in [0.29, 0.717) is 22.6 Å². The van der Waals surface area contributed by atoms with Gasteiger partial charge in [0.15, 0.2) is 0 Å². The molecule has 9 nitrogen and oxygen atoms in total. The molecule has 120 valence electrons. The minimum atomic E-state index is -0.320. The Morgan fingerprint density at radius 2 is 2.30 bits per heavy atom. The summed E-state index contributed by atoms with van der Waals surface area (Å²) in [4.78, 5) is 18.0. The molecule has 3 aromatic rings. The minimum absolute atomic E-state index is 0.228. The Morgan fingerprint density at radius 3 is 3.04 bits per heavy atom. The molecule has 0 aliphatic rings. The fourth-order valence-electron chi connectivity index (χ4n) is 1.88. The van der Waals surface area contributed by atoms with Gasteiger partial charge in [0.1, 0.15) is 12.4 Å². The number of nitrogens with zero attached hydrogens (tertiary/aromatic N) is 5. The fourth-order valence-corrected chi connectivity index (χ4v) is 2.54. The van der Waals surface area contributed by atoms with Crippen molar-refractivity contribution in [1.29, 1.82) is 0 Å². The Morgan fingerprint density at radius 1 is 1.43 bits per heavy atom. The second-order valence-corrected chi connectivity index (χ2v) is 5.51. The summed E-state index contributed by atoms with van der Waals surface area (Å²) < 4.78 is 7.33. The number of aromatic amines is 1. The van der Waals surface area contributed by atoms with Crippen molar-refractivity contribution in [3.8, 4) is 11.5 Å². The zero-order valence-electron chi connectivity index (χ0n) is 12.3. The van der Waals surface area contributed by atoms with Crippen LogP contribution in [0.1, 0.15) is 18.4 Å². The first-order valence-corrected chi connectivity index (χ1v) is 7.85. The molecule has 0 spiro atoms. The van der Waals surface area contributed by atoms with Crippen LogP contribution in [0, 0.1) is 0 Å². The molecule has 3 aromatic heterocycles. The van der Waals surface area contributed by atoms with E-state index in [2.05, 4.69) is 25.3 Å². The zero-order valence-corrected chi connectivity index (χ0v) is 13.1. The Kier molecular flexibility index (Phi) is 4.53. The van der Waals surface area contributed by atoms with Gasteiger partial charge >= 0.3 is 0 Å². The van der Waals surface area contributed by atoms with Crippen molar-refractivity contribution in [3.05, 3.63) is 40.3 Å². The van der Waals surface area contributed by atoms with Crippen LogP contribution in [-0.2, 0) is 18.9 Å². The predicted molar refractivity (Wildman–Crippen MR) is 81.5 cm³/mol. The maximum atomic E-state index is 11.4. The largest absolute Gasteiger partial charge is 0.411 e. The summed E-state index contributed by atoms with van der Waals surface area (Å²) in [7, 11) is 0. The van der Waals surface area contributed by atoms with Crippen LogP contribution in [0.25, 0.3) is 11.5 Å². The highest BCUT2D eigenvalue weighted by molar-refractivity contribution is 7.98. The van der Waals surface area contributed by atoms with Gasteiger partial charge in [-0.25, -0.2) is 4.98 Å². The third-order valence-corrected chi connectivity index (χ3v) is 3.80. The van der Waals surface area contributed by atoms with E-state index in [4.69, 9.17) is 9.52 Å². The van der Waals surface area contributed by atoms with E-state index in [1.807, 2.05) is 13.1 Å². The third kappa shape index (κ3) is 3.66. The summed E-state index contributed by atoms with van der Waals surface area (Å²) in [5.74, 6) is 1.00. The Balaban J connectivity index is 1.70. The van der Waals surface area contributed by atoms with Crippen molar-refractivity contribution in [2.75, 3.05) is 0 Å². The predicted octanol–water partition coefficient (Wildman–Crippen LogP) is 0.821. The van der Waals surface area contributed by atoms with Gasteiger partial charge in [-0.05, 0) is 6.92 Å². The molecular formula is C13H14N6O3S. The molecule has 0 fully saturated rings. The molecule has 3 rings (SSSR count). The Bertz CT molecular complexity index is 855. The number of aliphatic hydroxyl groups is 1. The maximum Gasteiger partial charge on any atom is 0.277 e. The van der Waals surface area contributed by atoms with Gasteiger partial charge in [0.25, 0.3) is 16.7 Å². The zero-order chi connectivity index (χ0) is 16.2. The maximum absolute atomic E-state index is 11.4. The molecule has 0 atom stereocenters. The average Bonchev–Trinajstić information content (AvgIpc) is 3.21. The van der Waals surface area contributed by atoms with Gasteiger partial charge in [0.2, 0.25) is 0 Å². The van der Waals surface area contributed by atoms with Crippen LogP contribution in [-0.4, -0.2) is 35.1 Å². The quantitative estimate of drug-likeness (QED) is 0.635. The molecule has 0 aromatic carbocycles. The van der Waals surface area contributed by atoms with Crippen molar-refractivity contribution >= 4 is 11.8 Å². The molecule has 0 saturated carbocycles. The topological polar surface area (TPSA) is 123 Å². The van der Waals surface area contributed by atoms with Crippen molar-refractivity contribution in [2.45, 2.75) is 31.1 Å². The number of nitrogens with one attached hydrogen (secondary N) is 1. The lowest BCUT2D eigenvalue weighted by atomic mass is 10.4. The summed E-state index contributed by atoms with van der Waals surface area (Å²) in [6.07, 6.45) is 3.49. The summed E-state index contributed by atoms with van der Waals surface area (Å²) in [5, 5.41) is 21.5. The Labute approximate surface area is 134 Å². The van der Waals surface area contributed by atoms with Gasteiger partial charge in [0, 0.05) is 24.6 Å². The molecule has 10 heteroatoms. The summed E-state index contributed by atoms with van der Waals surface area (Å²) in [6, 6.07) is 1.37. The minimum Gasteiger partial charge on any atom is -0.411 e. The van der Waals surface area contributed by atoms with Crippen LogP contribution in [0.4, 0.5) is 0 Å². The normalized spacial score (nSPS) is 11.0. The van der Waals surface area contributed by atoms with Gasteiger partial charge in [-0.3, -0.25) is 9.48 Å². The first-order valence-electron chi connectivity index (χ1n) is 6.87. The summed E-state index contributed by atoms with van der Waals surface area (Å²) in [5.41, 5.74) is 0.974. The van der Waals surface area contributed by atoms with E-state index in [9.17, 15) is 4.79 Å². The second kappa shape index (κ2) is 6.75. The second-order valence-electron chi connectivity index (χ2n) is 4.59.